The molecule has 2 N–H and O–H groups in total. The predicted molar refractivity (Wildman–Crippen MR) is 68.3 cm³/mol. The van der Waals surface area contributed by atoms with E-state index in [4.69, 9.17) is 5.73 Å². The summed E-state index contributed by atoms with van der Waals surface area (Å²) in [5.41, 5.74) is 7.65. The van der Waals surface area contributed by atoms with Gasteiger partial charge in [-0.15, -0.1) is 0 Å². The Kier molecular flexibility index (Phi) is 2.19. The van der Waals surface area contributed by atoms with Gasteiger partial charge in [0.1, 0.15) is 5.65 Å². The molecule has 2 aromatic heterocycles. The molecule has 0 saturated heterocycles. The van der Waals surface area contributed by atoms with Gasteiger partial charge < -0.3 is 10.1 Å². The van der Waals surface area contributed by atoms with Crippen LogP contribution in [0, 0.1) is 0 Å². The van der Waals surface area contributed by atoms with Crippen LogP contribution < -0.4 is 5.73 Å². The first-order chi connectivity index (χ1) is 7.79. The monoisotopic (exact) mass is 275 g/mol. The van der Waals surface area contributed by atoms with Crippen molar-refractivity contribution in [2.75, 3.05) is 0 Å². The molecule has 1 aromatic carbocycles. The smallest absolute Gasteiger partial charge is 0.144 e. The fourth-order valence-corrected chi connectivity index (χ4v) is 2.32. The van der Waals surface area contributed by atoms with Crippen molar-refractivity contribution in [3.05, 3.63) is 46.8 Å². The molecule has 0 saturated carbocycles. The molecule has 0 radical (unpaired) electrons. The minimum Gasteiger partial charge on any atom is -0.325 e. The molecule has 0 aliphatic rings. The SMILES string of the molecule is NCc1cnc2c3ccc(Br)cc3ccn12. The number of halogens is 1. The molecule has 0 fully saturated rings. The van der Waals surface area contributed by atoms with Crippen molar-refractivity contribution in [3.63, 3.8) is 0 Å². The summed E-state index contributed by atoms with van der Waals surface area (Å²) in [6.07, 6.45) is 3.84. The number of pyridine rings is 1. The van der Waals surface area contributed by atoms with E-state index in [1.165, 1.54) is 5.39 Å². The van der Waals surface area contributed by atoms with E-state index in [0.717, 1.165) is 21.2 Å². The Balaban J connectivity index is 2.46. The highest BCUT2D eigenvalue weighted by molar-refractivity contribution is 9.10. The molecule has 80 valence electrons. The maximum atomic E-state index is 5.66. The van der Waals surface area contributed by atoms with Crippen molar-refractivity contribution in [2.24, 2.45) is 5.73 Å². The van der Waals surface area contributed by atoms with Gasteiger partial charge in [-0.05, 0) is 29.7 Å². The summed E-state index contributed by atoms with van der Waals surface area (Å²) >= 11 is 3.47. The highest BCUT2D eigenvalue weighted by Gasteiger charge is 2.05. The third kappa shape index (κ3) is 1.34. The molecule has 3 nitrogen and oxygen atoms in total. The van der Waals surface area contributed by atoms with Gasteiger partial charge in [0.15, 0.2) is 0 Å². The molecular weight excluding hydrogens is 266 g/mol. The van der Waals surface area contributed by atoms with E-state index in [-0.39, 0.29) is 0 Å². The number of hydrogen-bond acceptors (Lipinski definition) is 2. The molecule has 0 aliphatic heterocycles. The number of rotatable bonds is 1. The van der Waals surface area contributed by atoms with E-state index < -0.39 is 0 Å². The first-order valence-corrected chi connectivity index (χ1v) is 5.83. The van der Waals surface area contributed by atoms with Gasteiger partial charge in [0, 0.05) is 22.6 Å². The topological polar surface area (TPSA) is 43.3 Å². The zero-order chi connectivity index (χ0) is 11.1. The molecule has 0 unspecified atom stereocenters. The zero-order valence-electron chi connectivity index (χ0n) is 8.52. The van der Waals surface area contributed by atoms with E-state index in [1.807, 2.05) is 22.9 Å². The average Bonchev–Trinajstić information content (AvgIpc) is 2.71. The van der Waals surface area contributed by atoms with Gasteiger partial charge in [-0.25, -0.2) is 4.98 Å². The fraction of sp³-hybridized carbons (Fsp3) is 0.0833. The lowest BCUT2D eigenvalue weighted by molar-refractivity contribution is 0.962. The van der Waals surface area contributed by atoms with Crippen LogP contribution in [-0.4, -0.2) is 9.38 Å². The molecule has 16 heavy (non-hydrogen) atoms. The number of imidazole rings is 1. The van der Waals surface area contributed by atoms with Crippen molar-refractivity contribution in [1.29, 1.82) is 0 Å². The molecule has 0 atom stereocenters. The quantitative estimate of drug-likeness (QED) is 0.742. The summed E-state index contributed by atoms with van der Waals surface area (Å²) in [5.74, 6) is 0. The van der Waals surface area contributed by atoms with Crippen molar-refractivity contribution >= 4 is 32.3 Å². The van der Waals surface area contributed by atoms with Gasteiger partial charge in [-0.1, -0.05) is 15.9 Å². The summed E-state index contributed by atoms with van der Waals surface area (Å²) in [4.78, 5) is 4.41. The van der Waals surface area contributed by atoms with Gasteiger partial charge in [0.25, 0.3) is 0 Å². The lowest BCUT2D eigenvalue weighted by atomic mass is 10.2. The van der Waals surface area contributed by atoms with Crippen LogP contribution in [0.5, 0.6) is 0 Å². The van der Waals surface area contributed by atoms with E-state index in [9.17, 15) is 0 Å². The van der Waals surface area contributed by atoms with E-state index in [1.54, 1.807) is 0 Å². The van der Waals surface area contributed by atoms with Crippen LogP contribution in [-0.2, 0) is 6.54 Å². The molecule has 3 aromatic rings. The molecule has 2 heterocycles. The second-order valence-corrected chi connectivity index (χ2v) is 4.61. The first-order valence-electron chi connectivity index (χ1n) is 5.04. The van der Waals surface area contributed by atoms with Crippen LogP contribution in [0.25, 0.3) is 16.4 Å². The third-order valence-electron chi connectivity index (χ3n) is 2.74. The fourth-order valence-electron chi connectivity index (χ4n) is 1.94. The number of aromatic nitrogens is 2. The lowest BCUT2D eigenvalue weighted by Gasteiger charge is -2.03. The number of nitrogens with two attached hydrogens (primary N) is 1. The molecule has 0 amide bonds. The van der Waals surface area contributed by atoms with Crippen molar-refractivity contribution in [3.8, 4) is 0 Å². The first kappa shape index (κ1) is 9.81. The maximum Gasteiger partial charge on any atom is 0.144 e. The zero-order valence-corrected chi connectivity index (χ0v) is 10.1. The standard InChI is InChI=1S/C12H10BrN3/c13-9-1-2-11-8(5-9)3-4-16-10(6-14)7-15-12(11)16/h1-5,7H,6,14H2. The van der Waals surface area contributed by atoms with Crippen LogP contribution in [0.15, 0.2) is 41.1 Å². The molecule has 4 heteroatoms. The van der Waals surface area contributed by atoms with Crippen LogP contribution in [0.1, 0.15) is 5.69 Å². The summed E-state index contributed by atoms with van der Waals surface area (Å²) in [7, 11) is 0. The van der Waals surface area contributed by atoms with Gasteiger partial charge in [-0.2, -0.15) is 0 Å². The minimum absolute atomic E-state index is 0.503. The largest absolute Gasteiger partial charge is 0.325 e. The van der Waals surface area contributed by atoms with Gasteiger partial charge in [0.2, 0.25) is 0 Å². The lowest BCUT2D eigenvalue weighted by Crippen LogP contribution is -2.00. The number of nitrogens with zero attached hydrogens (tertiary/aromatic N) is 2. The summed E-state index contributed by atoms with van der Waals surface area (Å²) in [6, 6.07) is 8.27. The Morgan fingerprint density at radius 2 is 2.19 bits per heavy atom. The predicted octanol–water partition coefficient (Wildman–Crippen LogP) is 2.71. The molecule has 3 rings (SSSR count). The van der Waals surface area contributed by atoms with E-state index in [0.29, 0.717) is 6.54 Å². The average molecular weight is 276 g/mol. The molecule has 0 spiro atoms. The molecule has 0 bridgehead atoms. The Morgan fingerprint density at radius 1 is 1.31 bits per heavy atom. The Hall–Kier alpha value is -1.39. The van der Waals surface area contributed by atoms with Crippen LogP contribution >= 0.6 is 15.9 Å². The minimum atomic E-state index is 0.503. The van der Waals surface area contributed by atoms with Gasteiger partial charge in [-0.3, -0.25) is 0 Å². The van der Waals surface area contributed by atoms with E-state index >= 15 is 0 Å². The third-order valence-corrected chi connectivity index (χ3v) is 3.23. The molecule has 0 aliphatic carbocycles. The second kappa shape index (κ2) is 3.57. The summed E-state index contributed by atoms with van der Waals surface area (Å²) in [5, 5.41) is 2.32. The highest BCUT2D eigenvalue weighted by Crippen LogP contribution is 2.23. The molecular formula is C12H10BrN3. The van der Waals surface area contributed by atoms with Crippen LogP contribution in [0.2, 0.25) is 0 Å². The summed E-state index contributed by atoms with van der Waals surface area (Å²) in [6.45, 7) is 0.503. The Morgan fingerprint density at radius 3 is 3.00 bits per heavy atom. The Bertz CT molecular complexity index is 672. The van der Waals surface area contributed by atoms with E-state index in [2.05, 4.69) is 39.1 Å². The normalized spacial score (nSPS) is 11.4. The second-order valence-electron chi connectivity index (χ2n) is 3.69. The van der Waals surface area contributed by atoms with Crippen molar-refractivity contribution < 1.29 is 0 Å². The Labute approximate surface area is 101 Å². The van der Waals surface area contributed by atoms with Crippen molar-refractivity contribution in [2.45, 2.75) is 6.54 Å². The maximum absolute atomic E-state index is 5.66. The van der Waals surface area contributed by atoms with Crippen LogP contribution in [0.4, 0.5) is 0 Å². The summed E-state index contributed by atoms with van der Waals surface area (Å²) < 4.78 is 3.12. The van der Waals surface area contributed by atoms with Crippen LogP contribution in [0.3, 0.4) is 0 Å². The number of fused-ring (bicyclic) bond motifs is 3. The highest BCUT2D eigenvalue weighted by atomic mass is 79.9. The van der Waals surface area contributed by atoms with Crippen molar-refractivity contribution in [1.82, 2.24) is 9.38 Å². The number of hydrogen-bond donors (Lipinski definition) is 1. The van der Waals surface area contributed by atoms with Gasteiger partial charge in [0.05, 0.1) is 11.9 Å². The number of benzene rings is 1. The van der Waals surface area contributed by atoms with Gasteiger partial charge >= 0.3 is 0 Å².